The number of benzene rings is 4. The predicted octanol–water partition coefficient (Wildman–Crippen LogP) is 12.9. The quantitative estimate of drug-likeness (QED) is 0.0808. The standard InChI is InChI=1S/C44H62N2/c1-5-7-9-11-13-15-17-19-29-45-33(3)31-41-39-23-21-36-35(37(39)25-27-43(41)45)22-24-40-38(36)26-28-44-42(40)32-34(4)46(44)30-20-18-16-14-12-10-8-6-2/h21-28,33-34H,5-20,29-32H2,1-4H3. The molecule has 4 aromatic carbocycles. The van der Waals surface area contributed by atoms with Crippen LogP contribution >= 0.6 is 0 Å². The van der Waals surface area contributed by atoms with E-state index >= 15 is 0 Å². The van der Waals surface area contributed by atoms with Crippen LogP contribution in [0.4, 0.5) is 11.4 Å². The first kappa shape index (κ1) is 33.2. The molecule has 0 amide bonds. The summed E-state index contributed by atoms with van der Waals surface area (Å²) in [6.07, 6.45) is 24.5. The van der Waals surface area contributed by atoms with E-state index < -0.39 is 0 Å². The molecule has 2 aliphatic rings. The summed E-state index contributed by atoms with van der Waals surface area (Å²) in [4.78, 5) is 5.42. The maximum absolute atomic E-state index is 2.71. The first-order chi connectivity index (χ1) is 22.6. The number of unbranched alkanes of at least 4 members (excludes halogenated alkanes) is 14. The summed E-state index contributed by atoms with van der Waals surface area (Å²) in [6, 6.07) is 20.7. The van der Waals surface area contributed by atoms with Crippen LogP contribution in [0.5, 0.6) is 0 Å². The van der Waals surface area contributed by atoms with Crippen molar-refractivity contribution in [3.8, 4) is 0 Å². The molecule has 0 N–H and O–H groups in total. The van der Waals surface area contributed by atoms with Crippen LogP contribution in [0.15, 0.2) is 48.5 Å². The van der Waals surface area contributed by atoms with Gasteiger partial charge in [0.05, 0.1) is 0 Å². The molecule has 46 heavy (non-hydrogen) atoms. The lowest BCUT2D eigenvalue weighted by Gasteiger charge is -2.25. The molecule has 2 aliphatic heterocycles. The third-order valence-electron chi connectivity index (χ3n) is 11.6. The van der Waals surface area contributed by atoms with E-state index in [0.29, 0.717) is 12.1 Å². The molecule has 2 unspecified atom stereocenters. The summed E-state index contributed by atoms with van der Waals surface area (Å²) in [5.41, 5.74) is 6.13. The van der Waals surface area contributed by atoms with E-state index in [0.717, 1.165) is 0 Å². The van der Waals surface area contributed by atoms with Gasteiger partial charge in [-0.25, -0.2) is 0 Å². The molecule has 2 nitrogen and oxygen atoms in total. The molecule has 6 rings (SSSR count). The molecule has 0 bridgehead atoms. The largest absolute Gasteiger partial charge is 0.368 e. The molecular weight excluding hydrogens is 556 g/mol. The lowest BCUT2D eigenvalue weighted by molar-refractivity contribution is 0.562. The van der Waals surface area contributed by atoms with Gasteiger partial charge >= 0.3 is 0 Å². The van der Waals surface area contributed by atoms with E-state index in [4.69, 9.17) is 0 Å². The second-order valence-corrected chi connectivity index (χ2v) is 15.0. The monoisotopic (exact) mass is 618 g/mol. The van der Waals surface area contributed by atoms with Crippen molar-refractivity contribution in [3.63, 3.8) is 0 Å². The third kappa shape index (κ3) is 7.07. The number of nitrogens with zero attached hydrogens (tertiary/aromatic N) is 2. The van der Waals surface area contributed by atoms with Crippen LogP contribution in [0.3, 0.4) is 0 Å². The van der Waals surface area contributed by atoms with Crippen LogP contribution in [0.2, 0.25) is 0 Å². The van der Waals surface area contributed by atoms with Crippen molar-refractivity contribution in [2.75, 3.05) is 22.9 Å². The third-order valence-corrected chi connectivity index (χ3v) is 11.6. The Kier molecular flexibility index (Phi) is 11.5. The van der Waals surface area contributed by atoms with Gasteiger partial charge in [-0.2, -0.15) is 0 Å². The average molecular weight is 619 g/mol. The first-order valence-electron chi connectivity index (χ1n) is 19.6. The number of hydrogen-bond donors (Lipinski definition) is 0. The van der Waals surface area contributed by atoms with Gasteiger partial charge in [0, 0.05) is 36.5 Å². The summed E-state index contributed by atoms with van der Waals surface area (Å²) in [7, 11) is 0. The van der Waals surface area contributed by atoms with Gasteiger partial charge in [0.1, 0.15) is 0 Å². The topological polar surface area (TPSA) is 6.48 Å². The molecule has 2 heterocycles. The van der Waals surface area contributed by atoms with Crippen molar-refractivity contribution in [2.45, 2.75) is 155 Å². The zero-order valence-electron chi connectivity index (χ0n) is 29.8. The highest BCUT2D eigenvalue weighted by Crippen LogP contribution is 2.43. The van der Waals surface area contributed by atoms with E-state index in [2.05, 4.69) is 86.0 Å². The predicted molar refractivity (Wildman–Crippen MR) is 205 cm³/mol. The van der Waals surface area contributed by atoms with Crippen molar-refractivity contribution in [1.29, 1.82) is 0 Å². The second kappa shape index (κ2) is 15.9. The van der Waals surface area contributed by atoms with Crippen LogP contribution in [0, 0.1) is 0 Å². The van der Waals surface area contributed by atoms with Crippen molar-refractivity contribution >= 4 is 43.7 Å². The Hall–Kier alpha value is -2.74. The summed E-state index contributed by atoms with van der Waals surface area (Å²) in [6.45, 7) is 11.9. The molecule has 0 fully saturated rings. The molecule has 0 spiro atoms. The first-order valence-corrected chi connectivity index (χ1v) is 19.6. The fourth-order valence-electron chi connectivity index (χ4n) is 8.91. The van der Waals surface area contributed by atoms with E-state index in [-0.39, 0.29) is 0 Å². The fourth-order valence-corrected chi connectivity index (χ4v) is 8.91. The Balaban J connectivity index is 1.15. The van der Waals surface area contributed by atoms with Gasteiger partial charge in [-0.15, -0.1) is 0 Å². The van der Waals surface area contributed by atoms with Crippen molar-refractivity contribution < 1.29 is 0 Å². The Morgan fingerprint density at radius 1 is 0.413 bits per heavy atom. The van der Waals surface area contributed by atoms with E-state index in [1.54, 1.807) is 11.1 Å². The number of anilines is 2. The SMILES string of the molecule is CCCCCCCCCCN1c2ccc3c(ccc4c5ccc6c(c5ccc34)CC(C)N6CCCCCCCCCC)c2CC1C. The molecule has 0 aliphatic carbocycles. The second-order valence-electron chi connectivity index (χ2n) is 15.0. The molecule has 0 radical (unpaired) electrons. The van der Waals surface area contributed by atoms with E-state index in [9.17, 15) is 0 Å². The van der Waals surface area contributed by atoms with Gasteiger partial charge in [-0.1, -0.05) is 140 Å². The summed E-state index contributed by atoms with van der Waals surface area (Å²) in [5.74, 6) is 0. The van der Waals surface area contributed by atoms with Crippen LogP contribution in [0.1, 0.15) is 142 Å². The number of rotatable bonds is 18. The smallest absolute Gasteiger partial charge is 0.0408 e. The van der Waals surface area contributed by atoms with Gasteiger partial charge in [-0.3, -0.25) is 0 Å². The minimum atomic E-state index is 0.593. The highest BCUT2D eigenvalue weighted by atomic mass is 15.2. The molecule has 248 valence electrons. The maximum Gasteiger partial charge on any atom is 0.0408 e. The van der Waals surface area contributed by atoms with Crippen LogP contribution in [-0.4, -0.2) is 25.2 Å². The number of hydrogen-bond acceptors (Lipinski definition) is 2. The minimum absolute atomic E-state index is 0.593. The summed E-state index contributed by atoms with van der Waals surface area (Å²) in [5, 5.41) is 8.66. The average Bonchev–Trinajstić information content (AvgIpc) is 3.57. The number of fused-ring (bicyclic) bond motifs is 9. The van der Waals surface area contributed by atoms with Gasteiger partial charge in [-0.05, 0) is 95.1 Å². The molecule has 0 saturated heterocycles. The Bertz CT molecular complexity index is 1470. The normalized spacial score (nSPS) is 17.6. The Morgan fingerprint density at radius 2 is 0.717 bits per heavy atom. The Morgan fingerprint density at radius 3 is 1.11 bits per heavy atom. The van der Waals surface area contributed by atoms with Crippen molar-refractivity contribution in [3.05, 3.63) is 59.7 Å². The summed E-state index contributed by atoms with van der Waals surface area (Å²) >= 11 is 0. The lowest BCUT2D eigenvalue weighted by Crippen LogP contribution is -2.30. The highest BCUT2D eigenvalue weighted by molar-refractivity contribution is 6.19. The van der Waals surface area contributed by atoms with Crippen LogP contribution in [-0.2, 0) is 12.8 Å². The molecule has 0 saturated carbocycles. The van der Waals surface area contributed by atoms with Crippen molar-refractivity contribution in [2.24, 2.45) is 0 Å². The molecular formula is C44H62N2. The molecule has 2 atom stereocenters. The van der Waals surface area contributed by atoms with Crippen LogP contribution < -0.4 is 9.80 Å². The molecule has 0 aromatic heterocycles. The van der Waals surface area contributed by atoms with Gasteiger partial charge in [0.25, 0.3) is 0 Å². The van der Waals surface area contributed by atoms with E-state index in [1.807, 2.05) is 0 Å². The Labute approximate surface area is 280 Å². The molecule has 4 aromatic rings. The van der Waals surface area contributed by atoms with Gasteiger partial charge < -0.3 is 9.80 Å². The summed E-state index contributed by atoms with van der Waals surface area (Å²) < 4.78 is 0. The lowest BCUT2D eigenvalue weighted by atomic mass is 9.92. The van der Waals surface area contributed by atoms with Gasteiger partial charge in [0.15, 0.2) is 0 Å². The zero-order valence-corrected chi connectivity index (χ0v) is 29.8. The van der Waals surface area contributed by atoms with E-state index in [1.165, 1.54) is 172 Å². The van der Waals surface area contributed by atoms with Gasteiger partial charge in [0.2, 0.25) is 0 Å². The minimum Gasteiger partial charge on any atom is -0.368 e. The zero-order chi connectivity index (χ0) is 31.9. The van der Waals surface area contributed by atoms with Crippen LogP contribution in [0.25, 0.3) is 32.3 Å². The molecule has 2 heteroatoms. The maximum atomic E-state index is 2.71. The highest BCUT2D eigenvalue weighted by Gasteiger charge is 2.29. The van der Waals surface area contributed by atoms with Crippen molar-refractivity contribution in [1.82, 2.24) is 0 Å². The fraction of sp³-hybridized carbons (Fsp3) is 0.591.